The zero-order chi connectivity index (χ0) is 27.7. The molecule has 0 aromatic rings. The Hall–Kier alpha value is 1.85. The Morgan fingerprint density at radius 2 is 0.350 bits per heavy atom. The van der Waals surface area contributed by atoms with Crippen LogP contribution in [0.15, 0.2) is 0 Å². The summed E-state index contributed by atoms with van der Waals surface area (Å²) >= 11 is 12.6. The fourth-order valence-electron chi connectivity index (χ4n) is 11.2. The van der Waals surface area contributed by atoms with Crippen molar-refractivity contribution >= 4 is 12.1 Å². The van der Waals surface area contributed by atoms with E-state index in [1.807, 2.05) is 0 Å². The van der Waals surface area contributed by atoms with E-state index in [9.17, 15) is 0 Å². The molecule has 0 unspecified atom stereocenters. The molecule has 6 aliphatic rings. The molecule has 0 bridgehead atoms. The van der Waals surface area contributed by atoms with Crippen molar-refractivity contribution in [3.63, 3.8) is 0 Å². The molecular formula is C36H68Ni2P2. The van der Waals surface area contributed by atoms with Crippen LogP contribution < -0.4 is 0 Å². The van der Waals surface area contributed by atoms with Gasteiger partial charge in [0.25, 0.3) is 0 Å². The molecule has 0 heterocycles. The first-order chi connectivity index (χ1) is 19.6. The first-order valence-corrected chi connectivity index (χ1v) is 26.0. The third kappa shape index (κ3) is 8.16. The fourth-order valence-corrected chi connectivity index (χ4v) is 27.8. The summed E-state index contributed by atoms with van der Waals surface area (Å²) in [4.78, 5) is 0. The van der Waals surface area contributed by atoms with Crippen LogP contribution in [-0.4, -0.2) is 34.0 Å². The molecule has 0 radical (unpaired) electrons. The quantitative estimate of drug-likeness (QED) is 0.194. The summed E-state index contributed by atoms with van der Waals surface area (Å²) in [6.45, 7) is 0. The first kappa shape index (κ1) is 33.2. The van der Waals surface area contributed by atoms with E-state index in [1.165, 1.54) is 193 Å². The summed E-state index contributed by atoms with van der Waals surface area (Å²) in [5.74, 6) is 0. The molecule has 0 aromatic carbocycles. The summed E-state index contributed by atoms with van der Waals surface area (Å²) in [7, 11) is 0. The zero-order valence-electron chi connectivity index (χ0n) is 26.3. The summed E-state index contributed by atoms with van der Waals surface area (Å²) in [5.41, 5.74) is 6.26. The molecule has 6 saturated carbocycles. The minimum atomic E-state index is -1.42. The van der Waals surface area contributed by atoms with Gasteiger partial charge in [-0.25, -0.2) is 0 Å². The standard InChI is InChI=1S/2C18H33P.2Ni/c2*1-4-10-16(11-5-1)19(17-12-6-2-7-13-17)18-14-8-3-9-15-18;;/h2*16-18H,1-15H2;;/q;;2*-1/p+2. The summed E-state index contributed by atoms with van der Waals surface area (Å²) in [5, 5.41) is 0. The van der Waals surface area contributed by atoms with Gasteiger partial charge in [-0.15, -0.1) is 0 Å². The Labute approximate surface area is 267 Å². The van der Waals surface area contributed by atoms with Crippen LogP contribution in [0.4, 0.5) is 0 Å². The molecule has 0 saturated heterocycles. The molecule has 0 aliphatic heterocycles. The molecule has 6 aliphatic carbocycles. The van der Waals surface area contributed by atoms with E-state index in [0.29, 0.717) is 0 Å². The minimum absolute atomic E-state index is 1.04. The molecule has 6 rings (SSSR count). The SMILES string of the molecule is [Ni][PH](C1CCCCC1)(C1CCCCC1)C1CCCCC1.[Ni][PH](C1CCCCC1)(C1CCCCC1)C1CCCCC1. The normalized spacial score (nSPS) is 29.5. The van der Waals surface area contributed by atoms with Gasteiger partial charge < -0.3 is 0 Å². The predicted molar refractivity (Wildman–Crippen MR) is 178 cm³/mol. The van der Waals surface area contributed by atoms with Gasteiger partial charge in [-0.2, -0.15) is 0 Å². The van der Waals surface area contributed by atoms with E-state index in [0.717, 1.165) is 34.0 Å². The van der Waals surface area contributed by atoms with Crippen LogP contribution in [0.25, 0.3) is 0 Å². The third-order valence-electron chi connectivity index (χ3n) is 13.2. The van der Waals surface area contributed by atoms with Crippen molar-refractivity contribution in [1.82, 2.24) is 0 Å². The van der Waals surface area contributed by atoms with E-state index in [-0.39, 0.29) is 0 Å². The van der Waals surface area contributed by atoms with E-state index >= 15 is 0 Å². The Kier molecular flexibility index (Phi) is 14.1. The van der Waals surface area contributed by atoms with Crippen LogP contribution in [0.3, 0.4) is 0 Å². The van der Waals surface area contributed by atoms with Crippen molar-refractivity contribution < 1.29 is 30.1 Å². The van der Waals surface area contributed by atoms with E-state index in [4.69, 9.17) is 30.1 Å². The Morgan fingerprint density at radius 1 is 0.225 bits per heavy atom. The Bertz CT molecular complexity index is 540. The predicted octanol–water partition coefficient (Wildman–Crippen LogP) is 12.4. The number of hydrogen-bond donors (Lipinski definition) is 0. The Morgan fingerprint density at radius 3 is 0.475 bits per heavy atom. The monoisotopic (exact) mass is 678 g/mol. The average Bonchev–Trinajstić information content (AvgIpc) is 3.07. The maximum absolute atomic E-state index is 6.32. The van der Waals surface area contributed by atoms with Crippen LogP contribution in [-0.2, 0) is 30.1 Å². The van der Waals surface area contributed by atoms with Gasteiger partial charge in [0.05, 0.1) is 0 Å². The molecule has 0 nitrogen and oxygen atoms in total. The molecular weight excluding hydrogens is 612 g/mol. The molecule has 40 heavy (non-hydrogen) atoms. The van der Waals surface area contributed by atoms with Crippen molar-refractivity contribution in [2.75, 3.05) is 0 Å². The van der Waals surface area contributed by atoms with Gasteiger partial charge in [0.1, 0.15) is 0 Å². The molecule has 0 aromatic heterocycles. The van der Waals surface area contributed by atoms with E-state index < -0.39 is 12.1 Å². The molecule has 4 heteroatoms. The Balaban J connectivity index is 0.000000161. The van der Waals surface area contributed by atoms with Crippen LogP contribution in [0, 0.1) is 0 Å². The van der Waals surface area contributed by atoms with Crippen molar-refractivity contribution in [2.24, 2.45) is 0 Å². The first-order valence-electron chi connectivity index (χ1n) is 18.9. The van der Waals surface area contributed by atoms with Crippen LogP contribution >= 0.6 is 12.1 Å². The van der Waals surface area contributed by atoms with E-state index in [2.05, 4.69) is 0 Å². The number of hydrogen-bond acceptors (Lipinski definition) is 0. The second-order valence-electron chi connectivity index (χ2n) is 15.6. The summed E-state index contributed by atoms with van der Waals surface area (Å²) in [6, 6.07) is -2.84. The molecule has 6 fully saturated rings. The molecule has 0 spiro atoms. The van der Waals surface area contributed by atoms with Crippen molar-refractivity contribution in [1.29, 1.82) is 0 Å². The van der Waals surface area contributed by atoms with Crippen LogP contribution in [0.2, 0.25) is 0 Å². The second kappa shape index (κ2) is 17.0. The molecule has 0 atom stereocenters. The van der Waals surface area contributed by atoms with Gasteiger partial charge >= 0.3 is 269 Å². The topological polar surface area (TPSA) is 0 Å². The van der Waals surface area contributed by atoms with Gasteiger partial charge in [0.2, 0.25) is 0 Å². The van der Waals surface area contributed by atoms with Crippen molar-refractivity contribution in [2.45, 2.75) is 227 Å². The van der Waals surface area contributed by atoms with Gasteiger partial charge in [0.15, 0.2) is 0 Å². The van der Waals surface area contributed by atoms with Crippen molar-refractivity contribution in [3.05, 3.63) is 0 Å². The number of rotatable bonds is 6. The maximum atomic E-state index is 6.32. The molecule has 0 N–H and O–H groups in total. The molecule has 0 amide bonds. The fraction of sp³-hybridized carbons (Fsp3) is 1.00. The second-order valence-corrected chi connectivity index (χ2v) is 28.7. The van der Waals surface area contributed by atoms with Crippen LogP contribution in [0.5, 0.6) is 0 Å². The summed E-state index contributed by atoms with van der Waals surface area (Å²) in [6.07, 6.45) is 45.3. The van der Waals surface area contributed by atoms with Gasteiger partial charge in [0, 0.05) is 0 Å². The summed E-state index contributed by atoms with van der Waals surface area (Å²) < 4.78 is 0. The molecule has 242 valence electrons. The van der Waals surface area contributed by atoms with E-state index in [1.54, 1.807) is 0 Å². The van der Waals surface area contributed by atoms with Crippen LogP contribution in [0.1, 0.15) is 193 Å². The van der Waals surface area contributed by atoms with Gasteiger partial charge in [-0.05, 0) is 0 Å². The zero-order valence-corrected chi connectivity index (χ0v) is 30.3. The third-order valence-corrected chi connectivity index (χ3v) is 31.2. The van der Waals surface area contributed by atoms with Gasteiger partial charge in [-0.3, -0.25) is 0 Å². The van der Waals surface area contributed by atoms with Crippen molar-refractivity contribution in [3.8, 4) is 0 Å². The average molecular weight is 680 g/mol. The van der Waals surface area contributed by atoms with Gasteiger partial charge in [-0.1, -0.05) is 0 Å².